The van der Waals surface area contributed by atoms with Gasteiger partial charge in [-0.2, -0.15) is 0 Å². The summed E-state index contributed by atoms with van der Waals surface area (Å²) in [6.07, 6.45) is 2.20. The van der Waals surface area contributed by atoms with Crippen LogP contribution in [0, 0.1) is 0 Å². The molecule has 4 nitrogen and oxygen atoms in total. The molecular weight excluding hydrogens is 495 g/mol. The highest BCUT2D eigenvalue weighted by Crippen LogP contribution is 2.40. The molecule has 29 heavy (non-hydrogen) atoms. The summed E-state index contributed by atoms with van der Waals surface area (Å²) in [6, 6.07) is 10.9. The predicted molar refractivity (Wildman–Crippen MR) is 138 cm³/mol. The predicted octanol–water partition coefficient (Wildman–Crippen LogP) is 5.34. The van der Waals surface area contributed by atoms with Crippen molar-refractivity contribution in [3.05, 3.63) is 40.4 Å². The van der Waals surface area contributed by atoms with E-state index in [0.717, 1.165) is 49.3 Å². The topological polar surface area (TPSA) is 22.1 Å². The van der Waals surface area contributed by atoms with Crippen LogP contribution in [0.5, 0.6) is 0 Å². The van der Waals surface area contributed by atoms with Crippen molar-refractivity contribution in [2.24, 2.45) is 4.99 Å². The maximum Gasteiger partial charge on any atom is 0.136 e. The number of anilines is 1. The van der Waals surface area contributed by atoms with Crippen molar-refractivity contribution in [2.75, 3.05) is 59.3 Å². The van der Waals surface area contributed by atoms with Gasteiger partial charge in [0.2, 0.25) is 0 Å². The fourth-order valence-corrected chi connectivity index (χ4v) is 4.00. The van der Waals surface area contributed by atoms with Gasteiger partial charge in [0.15, 0.2) is 0 Å². The number of rotatable bonds is 8. The lowest BCUT2D eigenvalue weighted by atomic mass is 10.1. The van der Waals surface area contributed by atoms with Crippen LogP contribution in [0.3, 0.4) is 0 Å². The van der Waals surface area contributed by atoms with Crippen molar-refractivity contribution in [3.63, 3.8) is 0 Å². The van der Waals surface area contributed by atoms with E-state index in [9.17, 15) is 0 Å². The number of halogens is 4. The molecule has 0 unspecified atom stereocenters. The van der Waals surface area contributed by atoms with E-state index in [1.807, 2.05) is 0 Å². The average molecular weight is 527 g/mol. The first-order chi connectivity index (χ1) is 12.5. The average Bonchev–Trinajstić information content (AvgIpc) is 2.89. The molecule has 1 aliphatic rings. The smallest absolute Gasteiger partial charge is 0.136 e. The minimum absolute atomic E-state index is 0. The van der Waals surface area contributed by atoms with Crippen LogP contribution < -0.4 is 4.90 Å². The van der Waals surface area contributed by atoms with Crippen LogP contribution in [0.1, 0.15) is 18.4 Å². The summed E-state index contributed by atoms with van der Waals surface area (Å²) >= 11 is 3.71. The zero-order chi connectivity index (χ0) is 18.7. The largest absolute Gasteiger partial charge is 0.326 e. The van der Waals surface area contributed by atoms with Gasteiger partial charge in [0.05, 0.1) is 5.69 Å². The molecule has 0 aromatic heterocycles. The minimum atomic E-state index is 0. The Labute approximate surface area is 202 Å². The van der Waals surface area contributed by atoms with E-state index in [4.69, 9.17) is 4.99 Å². The van der Waals surface area contributed by atoms with E-state index in [1.165, 1.54) is 22.0 Å². The molecule has 0 atom stereocenters. The fraction of sp³-hybridized carbons (Fsp3) is 0.476. The van der Waals surface area contributed by atoms with Crippen LogP contribution >= 0.6 is 53.2 Å². The molecule has 8 heteroatoms. The van der Waals surface area contributed by atoms with Crippen molar-refractivity contribution in [1.29, 1.82) is 0 Å². The fourth-order valence-electron chi connectivity index (χ4n) is 3.54. The molecule has 0 N–H and O–H groups in total. The monoisotopic (exact) mass is 524 g/mol. The third-order valence-corrected chi connectivity index (χ3v) is 5.46. The third-order valence-electron chi connectivity index (χ3n) is 4.76. The Bertz CT molecular complexity index is 812. The molecule has 1 aliphatic heterocycles. The van der Waals surface area contributed by atoms with E-state index in [1.54, 1.807) is 0 Å². The second-order valence-corrected chi connectivity index (χ2v) is 8.32. The Morgan fingerprint density at radius 2 is 1.55 bits per heavy atom. The van der Waals surface area contributed by atoms with Gasteiger partial charge in [-0.25, -0.2) is 0 Å². The van der Waals surface area contributed by atoms with Gasteiger partial charge in [0, 0.05) is 28.5 Å². The third kappa shape index (κ3) is 6.71. The van der Waals surface area contributed by atoms with Gasteiger partial charge in [-0.05, 0) is 71.6 Å². The summed E-state index contributed by atoms with van der Waals surface area (Å²) in [4.78, 5) is 11.9. The van der Waals surface area contributed by atoms with E-state index < -0.39 is 0 Å². The maximum absolute atomic E-state index is 5.03. The zero-order valence-electron chi connectivity index (χ0n) is 17.5. The standard InChI is InChI=1S/C21H29BrN4.3ClH/c1-24(2)13-6-12-23-21-17-9-5-8-16-18(22)10-11-19(20(16)17)26(21)15-7-14-25(3)4;;;/h5,8-11H,6-7,12-15H2,1-4H3;3*1H. The Balaban J connectivity index is 0.00000261. The van der Waals surface area contributed by atoms with Gasteiger partial charge in [-0.3, -0.25) is 4.99 Å². The number of hydrogen-bond donors (Lipinski definition) is 0. The summed E-state index contributed by atoms with van der Waals surface area (Å²) in [7, 11) is 8.49. The molecule has 164 valence electrons. The number of aliphatic imine (C=N–C) groups is 1. The van der Waals surface area contributed by atoms with Crippen LogP contribution in [0.15, 0.2) is 39.8 Å². The lowest BCUT2D eigenvalue weighted by molar-refractivity contribution is 0.402. The molecule has 2 aromatic carbocycles. The lowest BCUT2D eigenvalue weighted by Crippen LogP contribution is -2.31. The first-order valence-corrected chi connectivity index (χ1v) is 10.1. The zero-order valence-corrected chi connectivity index (χ0v) is 21.6. The van der Waals surface area contributed by atoms with Gasteiger partial charge in [-0.15, -0.1) is 37.2 Å². The van der Waals surface area contributed by atoms with Gasteiger partial charge in [0.25, 0.3) is 0 Å². The second kappa shape index (κ2) is 13.0. The number of amidine groups is 1. The molecule has 0 bridgehead atoms. The van der Waals surface area contributed by atoms with E-state index >= 15 is 0 Å². The molecule has 2 aromatic rings. The SMILES string of the molecule is CN(C)CCCN=C1c2cccc3c(Br)ccc(c23)N1CCCN(C)C.Cl.Cl.Cl. The van der Waals surface area contributed by atoms with E-state index in [0.29, 0.717) is 0 Å². The molecule has 0 fully saturated rings. The highest BCUT2D eigenvalue weighted by Gasteiger charge is 2.28. The summed E-state index contributed by atoms with van der Waals surface area (Å²) in [6.45, 7) is 4.01. The Morgan fingerprint density at radius 3 is 2.21 bits per heavy atom. The minimum Gasteiger partial charge on any atom is -0.326 e. The normalized spacial score (nSPS) is 13.6. The highest BCUT2D eigenvalue weighted by molar-refractivity contribution is 9.10. The quantitative estimate of drug-likeness (QED) is 0.434. The van der Waals surface area contributed by atoms with Crippen LogP contribution in [0.4, 0.5) is 5.69 Å². The van der Waals surface area contributed by atoms with Gasteiger partial charge in [0.1, 0.15) is 5.84 Å². The number of nitrogens with zero attached hydrogens (tertiary/aromatic N) is 4. The van der Waals surface area contributed by atoms with E-state index in [-0.39, 0.29) is 37.2 Å². The van der Waals surface area contributed by atoms with E-state index in [2.05, 4.69) is 89.2 Å². The summed E-state index contributed by atoms with van der Waals surface area (Å²) in [5, 5.41) is 2.61. The lowest BCUT2D eigenvalue weighted by Gasteiger charge is -2.22. The molecular formula is C21H32BrCl3N4. The van der Waals surface area contributed by atoms with Crippen molar-refractivity contribution in [2.45, 2.75) is 12.8 Å². The molecule has 0 saturated heterocycles. The highest BCUT2D eigenvalue weighted by atomic mass is 79.9. The molecule has 0 amide bonds. The van der Waals surface area contributed by atoms with Crippen molar-refractivity contribution >= 4 is 75.4 Å². The summed E-state index contributed by atoms with van der Waals surface area (Å²) in [5.41, 5.74) is 2.57. The van der Waals surface area contributed by atoms with Crippen LogP contribution in [-0.2, 0) is 0 Å². The Kier molecular flexibility index (Phi) is 12.7. The molecule has 3 rings (SSSR count). The Morgan fingerprint density at radius 1 is 0.897 bits per heavy atom. The van der Waals surface area contributed by atoms with Crippen LogP contribution in [-0.4, -0.2) is 70.0 Å². The van der Waals surface area contributed by atoms with Crippen molar-refractivity contribution in [3.8, 4) is 0 Å². The maximum atomic E-state index is 5.03. The van der Waals surface area contributed by atoms with Crippen LogP contribution in [0.25, 0.3) is 10.8 Å². The summed E-state index contributed by atoms with van der Waals surface area (Å²) < 4.78 is 1.15. The molecule has 0 spiro atoms. The van der Waals surface area contributed by atoms with Crippen LogP contribution in [0.2, 0.25) is 0 Å². The Hall–Kier alpha value is -0.560. The molecule has 0 radical (unpaired) electrons. The van der Waals surface area contributed by atoms with Gasteiger partial charge < -0.3 is 14.7 Å². The molecule has 1 heterocycles. The van der Waals surface area contributed by atoms with Gasteiger partial charge in [-0.1, -0.05) is 34.1 Å². The van der Waals surface area contributed by atoms with Crippen molar-refractivity contribution < 1.29 is 0 Å². The first kappa shape index (κ1) is 28.4. The summed E-state index contributed by atoms with van der Waals surface area (Å²) in [5.74, 6) is 1.14. The second-order valence-electron chi connectivity index (χ2n) is 7.47. The number of hydrogen-bond acceptors (Lipinski definition) is 3. The molecule has 0 aliphatic carbocycles. The number of benzene rings is 2. The van der Waals surface area contributed by atoms with Gasteiger partial charge >= 0.3 is 0 Å². The van der Waals surface area contributed by atoms with Crippen molar-refractivity contribution in [1.82, 2.24) is 9.80 Å². The molecule has 0 saturated carbocycles. The first-order valence-electron chi connectivity index (χ1n) is 9.32.